The van der Waals surface area contributed by atoms with Crippen molar-refractivity contribution in [3.05, 3.63) is 48.3 Å². The maximum Gasteiger partial charge on any atom is 0.429 e. The summed E-state index contributed by atoms with van der Waals surface area (Å²) in [6, 6.07) is 8.43. The zero-order valence-corrected chi connectivity index (χ0v) is 24.5. The number of carbonyl (C=O) groups excluding carboxylic acids is 3. The minimum Gasteiger partial charge on any atom is -0.464 e. The van der Waals surface area contributed by atoms with E-state index in [1.165, 1.54) is 43.8 Å². The predicted octanol–water partition coefficient (Wildman–Crippen LogP) is 1.97. The molecule has 14 heteroatoms. The van der Waals surface area contributed by atoms with Crippen LogP contribution in [0, 0.1) is 0 Å². The smallest absolute Gasteiger partial charge is 0.429 e. The van der Waals surface area contributed by atoms with Crippen LogP contribution in [0.15, 0.2) is 47.6 Å². The third-order valence-electron chi connectivity index (χ3n) is 5.89. The van der Waals surface area contributed by atoms with Crippen LogP contribution in [0.3, 0.4) is 0 Å². The number of aromatic nitrogens is 2. The Kier molecular flexibility index (Phi) is 9.47. The van der Waals surface area contributed by atoms with Gasteiger partial charge in [0.15, 0.2) is 5.78 Å². The molecule has 0 aliphatic carbocycles. The van der Waals surface area contributed by atoms with Gasteiger partial charge in [-0.15, -0.1) is 11.8 Å². The molecule has 39 heavy (non-hydrogen) atoms. The number of hydrogen-bond acceptors (Lipinski definition) is 10. The van der Waals surface area contributed by atoms with Gasteiger partial charge in [0.05, 0.1) is 12.8 Å². The lowest BCUT2D eigenvalue weighted by Crippen LogP contribution is -2.67. The number of sulfonamides is 1. The van der Waals surface area contributed by atoms with E-state index in [9.17, 15) is 22.8 Å². The Balaban J connectivity index is 2.34. The second-order valence-electron chi connectivity index (χ2n) is 10.1. The van der Waals surface area contributed by atoms with Crippen molar-refractivity contribution in [2.45, 2.75) is 55.0 Å². The first-order chi connectivity index (χ1) is 18.2. The van der Waals surface area contributed by atoms with Crippen LogP contribution in [0.25, 0.3) is 0 Å². The lowest BCUT2D eigenvalue weighted by molar-refractivity contribution is -0.179. The number of aryl methyl sites for hydroxylation is 1. The SMILES string of the molecule is CCCOC(=O)[C@@](Cc1ccccc1)(C(=O)[C@H]1NC(C)(C)CS1)N(OC(=O)N(C)C)S(=O)(=O)c1cnn(C)c1. The molecule has 1 aliphatic rings. The van der Waals surface area contributed by atoms with Gasteiger partial charge in [0, 0.05) is 49.5 Å². The van der Waals surface area contributed by atoms with E-state index in [-0.39, 0.29) is 16.0 Å². The summed E-state index contributed by atoms with van der Waals surface area (Å²) in [5.74, 6) is -1.45. The van der Waals surface area contributed by atoms with E-state index in [2.05, 4.69) is 10.4 Å². The summed E-state index contributed by atoms with van der Waals surface area (Å²) >= 11 is 1.23. The molecule has 1 amide bonds. The number of carbonyl (C=O) groups is 3. The standard InChI is InChI=1S/C25H35N5O7S2/c1-7-13-36-22(32)25(14-18-11-9-8-10-12-18,20(31)21-27-24(2,3)17-38-21)30(37-23(33)28(4)5)39(34,35)19-15-26-29(6)16-19/h8-12,15-16,21,27H,7,13-14,17H2,1-6H3/t21-,25+/m0/s1. The number of ether oxygens (including phenoxy) is 1. The fourth-order valence-electron chi connectivity index (χ4n) is 3.89. The van der Waals surface area contributed by atoms with E-state index in [0.29, 0.717) is 17.7 Å². The average molecular weight is 582 g/mol. The van der Waals surface area contributed by atoms with Gasteiger partial charge in [-0.25, -0.2) is 18.0 Å². The van der Waals surface area contributed by atoms with Crippen molar-refractivity contribution in [2.75, 3.05) is 26.5 Å². The first-order valence-electron chi connectivity index (χ1n) is 12.3. The zero-order valence-electron chi connectivity index (χ0n) is 22.9. The van der Waals surface area contributed by atoms with Gasteiger partial charge in [-0.05, 0) is 25.8 Å². The maximum absolute atomic E-state index is 14.5. The van der Waals surface area contributed by atoms with Crippen molar-refractivity contribution in [1.29, 1.82) is 0 Å². The second-order valence-corrected chi connectivity index (χ2v) is 12.9. The number of ketones is 1. The quantitative estimate of drug-likeness (QED) is 0.238. The first-order valence-corrected chi connectivity index (χ1v) is 14.8. The highest BCUT2D eigenvalue weighted by molar-refractivity contribution is 8.00. The number of esters is 1. The van der Waals surface area contributed by atoms with Crippen LogP contribution >= 0.6 is 11.8 Å². The van der Waals surface area contributed by atoms with Crippen molar-refractivity contribution in [1.82, 2.24) is 24.5 Å². The molecule has 214 valence electrons. The predicted molar refractivity (Wildman–Crippen MR) is 145 cm³/mol. The number of hydroxylamine groups is 1. The van der Waals surface area contributed by atoms with Crippen LogP contribution in [0.5, 0.6) is 0 Å². The number of thioether (sulfide) groups is 1. The summed E-state index contributed by atoms with van der Waals surface area (Å²) in [6.45, 7) is 5.46. The summed E-state index contributed by atoms with van der Waals surface area (Å²) in [5, 5.41) is 6.10. The highest BCUT2D eigenvalue weighted by Gasteiger charge is 2.62. The van der Waals surface area contributed by atoms with E-state index in [4.69, 9.17) is 9.57 Å². The number of benzene rings is 1. The van der Waals surface area contributed by atoms with Crippen LogP contribution in [0.2, 0.25) is 0 Å². The Labute approximate surface area is 233 Å². The highest BCUT2D eigenvalue weighted by Crippen LogP contribution is 2.37. The van der Waals surface area contributed by atoms with Gasteiger partial charge in [-0.1, -0.05) is 37.3 Å². The summed E-state index contributed by atoms with van der Waals surface area (Å²) in [4.78, 5) is 47.6. The molecule has 2 aromatic rings. The van der Waals surface area contributed by atoms with Crippen LogP contribution in [-0.4, -0.2) is 88.3 Å². The molecule has 2 heterocycles. The Bertz CT molecular complexity index is 1300. The van der Waals surface area contributed by atoms with Gasteiger partial charge in [-0.3, -0.25) is 14.8 Å². The molecule has 1 N–H and O–H groups in total. The minimum absolute atomic E-state index is 0.0816. The van der Waals surface area contributed by atoms with Crippen molar-refractivity contribution >= 4 is 39.6 Å². The summed E-state index contributed by atoms with van der Waals surface area (Å²) in [6.07, 6.45) is 1.09. The second kappa shape index (κ2) is 12.1. The van der Waals surface area contributed by atoms with E-state index in [1.54, 1.807) is 37.3 Å². The number of rotatable bonds is 11. The summed E-state index contributed by atoms with van der Waals surface area (Å²) < 4.78 is 35.3. The maximum atomic E-state index is 14.5. The Morgan fingerprint density at radius 3 is 2.41 bits per heavy atom. The molecule has 12 nitrogen and oxygen atoms in total. The number of nitrogens with one attached hydrogen (secondary N) is 1. The number of amides is 1. The summed E-state index contributed by atoms with van der Waals surface area (Å²) in [7, 11) is -0.627. The molecule has 0 radical (unpaired) electrons. The molecular formula is C25H35N5O7S2. The fraction of sp³-hybridized carbons (Fsp3) is 0.520. The zero-order chi connectivity index (χ0) is 29.0. The van der Waals surface area contributed by atoms with Gasteiger partial charge in [-0.2, -0.15) is 5.10 Å². The summed E-state index contributed by atoms with van der Waals surface area (Å²) in [5.41, 5.74) is -2.64. The number of hydrogen-bond donors (Lipinski definition) is 1. The van der Waals surface area contributed by atoms with Gasteiger partial charge in [0.25, 0.3) is 10.0 Å². The fourth-order valence-corrected chi connectivity index (χ4v) is 6.77. The molecular weight excluding hydrogens is 546 g/mol. The van der Waals surface area contributed by atoms with Gasteiger partial charge < -0.3 is 14.5 Å². The molecule has 1 aromatic carbocycles. The van der Waals surface area contributed by atoms with Crippen molar-refractivity contribution in [3.8, 4) is 0 Å². The topological polar surface area (TPSA) is 140 Å². The third-order valence-corrected chi connectivity index (χ3v) is 9.07. The molecule has 1 aromatic heterocycles. The van der Waals surface area contributed by atoms with E-state index in [1.807, 2.05) is 13.8 Å². The highest BCUT2D eigenvalue weighted by atomic mass is 32.2. The van der Waals surface area contributed by atoms with E-state index in [0.717, 1.165) is 11.1 Å². The molecule has 3 rings (SSSR count). The van der Waals surface area contributed by atoms with Crippen molar-refractivity contribution < 1.29 is 32.4 Å². The van der Waals surface area contributed by atoms with Gasteiger partial charge >= 0.3 is 12.1 Å². The average Bonchev–Trinajstić information content (AvgIpc) is 3.49. The normalized spacial score (nSPS) is 18.4. The Morgan fingerprint density at radius 2 is 1.90 bits per heavy atom. The monoisotopic (exact) mass is 581 g/mol. The largest absolute Gasteiger partial charge is 0.464 e. The van der Waals surface area contributed by atoms with Crippen molar-refractivity contribution in [2.24, 2.45) is 7.05 Å². The van der Waals surface area contributed by atoms with E-state index < -0.39 is 50.7 Å². The molecule has 0 saturated carbocycles. The van der Waals surface area contributed by atoms with Crippen LogP contribution in [-0.2, 0) is 42.7 Å². The Morgan fingerprint density at radius 1 is 1.23 bits per heavy atom. The molecule has 0 unspecified atom stereocenters. The molecule has 1 aliphatic heterocycles. The van der Waals surface area contributed by atoms with Crippen LogP contribution < -0.4 is 5.32 Å². The number of Topliss-reactive ketones (excluding diaryl/α,β-unsaturated/α-hetero) is 1. The lowest BCUT2D eigenvalue weighted by Gasteiger charge is -2.39. The Hall–Kier alpha value is -2.94. The number of nitrogens with zero attached hydrogens (tertiary/aromatic N) is 4. The van der Waals surface area contributed by atoms with Crippen molar-refractivity contribution in [3.63, 3.8) is 0 Å². The molecule has 2 atom stereocenters. The first kappa shape index (κ1) is 30.6. The molecule has 1 fully saturated rings. The third kappa shape index (κ3) is 6.62. The molecule has 0 spiro atoms. The van der Waals surface area contributed by atoms with Gasteiger partial charge in [0.1, 0.15) is 10.3 Å². The minimum atomic E-state index is -4.84. The molecule has 1 saturated heterocycles. The molecule has 0 bridgehead atoms. The van der Waals surface area contributed by atoms with Crippen LogP contribution in [0.4, 0.5) is 4.79 Å². The van der Waals surface area contributed by atoms with Crippen LogP contribution in [0.1, 0.15) is 32.8 Å². The van der Waals surface area contributed by atoms with E-state index >= 15 is 0 Å². The lowest BCUT2D eigenvalue weighted by atomic mass is 9.86. The van der Waals surface area contributed by atoms with Gasteiger partial charge in [0.2, 0.25) is 5.54 Å².